The summed E-state index contributed by atoms with van der Waals surface area (Å²) in [6, 6.07) is 0. The van der Waals surface area contributed by atoms with Crippen LogP contribution in [-0.2, 0) is 4.79 Å². The Morgan fingerprint density at radius 3 is 2.56 bits per heavy atom. The van der Waals surface area contributed by atoms with Crippen LogP contribution in [0.3, 0.4) is 0 Å². The first-order valence-electron chi connectivity index (χ1n) is 2.34. The molecular weight excluding hydrogens is 120 g/mol. The van der Waals surface area contributed by atoms with E-state index in [9.17, 15) is 0 Å². The van der Waals surface area contributed by atoms with Crippen molar-refractivity contribution in [1.82, 2.24) is 9.97 Å². The summed E-state index contributed by atoms with van der Waals surface area (Å²) in [5.74, 6) is 0. The lowest BCUT2D eigenvalue weighted by Crippen LogP contribution is -1.59. The Bertz CT molecular complexity index is 148. The number of aryl methyl sites for hydroxylation is 1. The predicted molar refractivity (Wildman–Crippen MR) is 32.0 cm³/mol. The van der Waals surface area contributed by atoms with Gasteiger partial charge in [-0.1, -0.05) is 0 Å². The van der Waals surface area contributed by atoms with Crippen LogP contribution in [0.2, 0.25) is 0 Å². The SMILES string of the molecule is Cc1cnc[nH]1.O=CO. The fourth-order valence-electron chi connectivity index (χ4n) is 0.325. The molecule has 4 heteroatoms. The van der Waals surface area contributed by atoms with Crippen LogP contribution >= 0.6 is 0 Å². The minimum Gasteiger partial charge on any atom is -0.483 e. The third-order valence-corrected chi connectivity index (χ3v) is 0.635. The second kappa shape index (κ2) is 4.83. The van der Waals surface area contributed by atoms with Gasteiger partial charge < -0.3 is 10.1 Å². The summed E-state index contributed by atoms with van der Waals surface area (Å²) >= 11 is 0. The predicted octanol–water partition coefficient (Wildman–Crippen LogP) is 0.419. The average Bonchev–Trinajstić information content (AvgIpc) is 2.20. The summed E-state index contributed by atoms with van der Waals surface area (Å²) in [4.78, 5) is 15.0. The second-order valence-corrected chi connectivity index (χ2v) is 1.34. The highest BCUT2D eigenvalue weighted by atomic mass is 16.3. The number of hydrogen-bond donors (Lipinski definition) is 2. The van der Waals surface area contributed by atoms with E-state index in [1.54, 1.807) is 12.5 Å². The number of H-pyrrole nitrogens is 1. The highest BCUT2D eigenvalue weighted by molar-refractivity contribution is 5.32. The number of nitrogens with zero attached hydrogens (tertiary/aromatic N) is 1. The van der Waals surface area contributed by atoms with E-state index in [4.69, 9.17) is 9.90 Å². The summed E-state index contributed by atoms with van der Waals surface area (Å²) in [6.07, 6.45) is 3.44. The first-order chi connectivity index (χ1) is 4.31. The molecule has 2 N–H and O–H groups in total. The minimum absolute atomic E-state index is 0.250. The molecule has 1 heterocycles. The van der Waals surface area contributed by atoms with Crippen molar-refractivity contribution in [2.24, 2.45) is 0 Å². The Balaban J connectivity index is 0.000000187. The van der Waals surface area contributed by atoms with Crippen LogP contribution in [0.15, 0.2) is 12.5 Å². The third-order valence-electron chi connectivity index (χ3n) is 0.635. The molecule has 9 heavy (non-hydrogen) atoms. The van der Waals surface area contributed by atoms with Crippen molar-refractivity contribution < 1.29 is 9.90 Å². The van der Waals surface area contributed by atoms with Crippen molar-refractivity contribution >= 4 is 6.47 Å². The Kier molecular flexibility index (Phi) is 4.12. The Labute approximate surface area is 52.6 Å². The molecule has 0 aliphatic heterocycles. The monoisotopic (exact) mass is 128 g/mol. The smallest absolute Gasteiger partial charge is 0.290 e. The molecule has 1 rings (SSSR count). The highest BCUT2D eigenvalue weighted by Crippen LogP contribution is 1.81. The van der Waals surface area contributed by atoms with Crippen molar-refractivity contribution in [3.63, 3.8) is 0 Å². The van der Waals surface area contributed by atoms with Crippen molar-refractivity contribution in [3.05, 3.63) is 18.2 Å². The van der Waals surface area contributed by atoms with E-state index in [1.807, 2.05) is 6.92 Å². The van der Waals surface area contributed by atoms with Gasteiger partial charge in [-0.2, -0.15) is 0 Å². The van der Waals surface area contributed by atoms with Crippen molar-refractivity contribution in [2.75, 3.05) is 0 Å². The zero-order valence-corrected chi connectivity index (χ0v) is 5.03. The van der Waals surface area contributed by atoms with E-state index in [1.165, 1.54) is 0 Å². The number of carbonyl (C=O) groups is 1. The first-order valence-corrected chi connectivity index (χ1v) is 2.34. The average molecular weight is 128 g/mol. The van der Waals surface area contributed by atoms with Crippen LogP contribution in [-0.4, -0.2) is 21.5 Å². The molecule has 0 bridgehead atoms. The van der Waals surface area contributed by atoms with Gasteiger partial charge in [-0.3, -0.25) is 4.79 Å². The van der Waals surface area contributed by atoms with Gasteiger partial charge in [0, 0.05) is 11.9 Å². The zero-order chi connectivity index (χ0) is 7.11. The van der Waals surface area contributed by atoms with E-state index in [0.717, 1.165) is 5.69 Å². The quantitative estimate of drug-likeness (QED) is 0.497. The molecular formula is C5H8N2O2. The van der Waals surface area contributed by atoms with Crippen LogP contribution < -0.4 is 0 Å². The maximum Gasteiger partial charge on any atom is 0.290 e. The molecule has 0 saturated heterocycles. The molecule has 0 aliphatic rings. The van der Waals surface area contributed by atoms with Crippen molar-refractivity contribution in [1.29, 1.82) is 0 Å². The summed E-state index contributed by atoms with van der Waals surface area (Å²) in [5, 5.41) is 6.89. The molecule has 50 valence electrons. The summed E-state index contributed by atoms with van der Waals surface area (Å²) < 4.78 is 0. The Hall–Kier alpha value is -1.32. The molecule has 0 spiro atoms. The van der Waals surface area contributed by atoms with Crippen molar-refractivity contribution in [3.8, 4) is 0 Å². The first kappa shape index (κ1) is 7.68. The number of aromatic amines is 1. The highest BCUT2D eigenvalue weighted by Gasteiger charge is 1.73. The van der Waals surface area contributed by atoms with Gasteiger partial charge in [0.1, 0.15) is 0 Å². The van der Waals surface area contributed by atoms with Gasteiger partial charge in [0.15, 0.2) is 0 Å². The van der Waals surface area contributed by atoms with Gasteiger partial charge >= 0.3 is 0 Å². The fourth-order valence-corrected chi connectivity index (χ4v) is 0.325. The topological polar surface area (TPSA) is 66.0 Å². The Morgan fingerprint density at radius 2 is 2.44 bits per heavy atom. The van der Waals surface area contributed by atoms with E-state index < -0.39 is 0 Å². The molecule has 4 nitrogen and oxygen atoms in total. The van der Waals surface area contributed by atoms with E-state index in [0.29, 0.717) is 0 Å². The minimum atomic E-state index is -0.250. The molecule has 0 aliphatic carbocycles. The maximum absolute atomic E-state index is 8.36. The lowest BCUT2D eigenvalue weighted by Gasteiger charge is -1.67. The van der Waals surface area contributed by atoms with Crippen LogP contribution in [0.1, 0.15) is 5.69 Å². The fraction of sp³-hybridized carbons (Fsp3) is 0.200. The van der Waals surface area contributed by atoms with Crippen LogP contribution in [0.5, 0.6) is 0 Å². The second-order valence-electron chi connectivity index (χ2n) is 1.34. The number of aromatic nitrogens is 2. The number of hydrogen-bond acceptors (Lipinski definition) is 2. The molecule has 0 aromatic carbocycles. The largest absolute Gasteiger partial charge is 0.483 e. The molecule has 0 amide bonds. The standard InChI is InChI=1S/C4H6N2.CH2O2/c1-4-2-5-3-6-4;2-1-3/h2-3H,1H3,(H,5,6);1H,(H,2,3). The maximum atomic E-state index is 8.36. The van der Waals surface area contributed by atoms with Gasteiger partial charge in [-0.15, -0.1) is 0 Å². The summed E-state index contributed by atoms with van der Waals surface area (Å²) in [5.41, 5.74) is 1.11. The van der Waals surface area contributed by atoms with Crippen LogP contribution in [0.25, 0.3) is 0 Å². The molecule has 0 fully saturated rings. The molecule has 1 aromatic heterocycles. The number of carboxylic acid groups (broad SMARTS) is 1. The van der Waals surface area contributed by atoms with E-state index in [2.05, 4.69) is 9.97 Å². The molecule has 0 atom stereocenters. The van der Waals surface area contributed by atoms with Crippen LogP contribution in [0, 0.1) is 6.92 Å². The van der Waals surface area contributed by atoms with E-state index in [-0.39, 0.29) is 6.47 Å². The molecule has 0 unspecified atom stereocenters. The van der Waals surface area contributed by atoms with Crippen LogP contribution in [0.4, 0.5) is 0 Å². The van der Waals surface area contributed by atoms with Gasteiger partial charge in [0.2, 0.25) is 0 Å². The molecule has 0 radical (unpaired) electrons. The number of rotatable bonds is 0. The summed E-state index contributed by atoms with van der Waals surface area (Å²) in [7, 11) is 0. The van der Waals surface area contributed by atoms with Gasteiger partial charge in [0.05, 0.1) is 6.33 Å². The number of imidazole rings is 1. The van der Waals surface area contributed by atoms with E-state index >= 15 is 0 Å². The Morgan fingerprint density at radius 1 is 1.89 bits per heavy atom. The van der Waals surface area contributed by atoms with Gasteiger partial charge in [-0.05, 0) is 6.92 Å². The van der Waals surface area contributed by atoms with Gasteiger partial charge in [-0.25, -0.2) is 4.98 Å². The lowest BCUT2D eigenvalue weighted by molar-refractivity contribution is -0.122. The molecule has 1 aromatic rings. The lowest BCUT2D eigenvalue weighted by atomic mass is 10.6. The van der Waals surface area contributed by atoms with Crippen molar-refractivity contribution in [2.45, 2.75) is 6.92 Å². The normalized spacial score (nSPS) is 7.22. The zero-order valence-electron chi connectivity index (χ0n) is 5.03. The number of nitrogens with one attached hydrogen (secondary N) is 1. The van der Waals surface area contributed by atoms with Gasteiger partial charge in [0.25, 0.3) is 6.47 Å². The molecule has 0 saturated carbocycles. The third kappa shape index (κ3) is 4.53. The summed E-state index contributed by atoms with van der Waals surface area (Å²) in [6.45, 7) is 1.72.